The molecule has 134 valence electrons. The van der Waals surface area contributed by atoms with E-state index in [4.69, 9.17) is 0 Å². The number of rotatable bonds is 4. The number of piperidine rings is 1. The maximum absolute atomic E-state index is 13.0. The molecule has 0 saturated carbocycles. The summed E-state index contributed by atoms with van der Waals surface area (Å²) in [6.07, 6.45) is 7.51. The molecule has 0 spiro atoms. The van der Waals surface area contributed by atoms with Crippen LogP contribution in [0, 0.1) is 0 Å². The highest BCUT2D eigenvalue weighted by Crippen LogP contribution is 2.25. The van der Waals surface area contributed by atoms with Gasteiger partial charge in [0.15, 0.2) is 0 Å². The van der Waals surface area contributed by atoms with Crippen LogP contribution >= 0.6 is 0 Å². The molecule has 1 amide bonds. The van der Waals surface area contributed by atoms with E-state index in [0.29, 0.717) is 18.0 Å². The molecule has 1 aromatic carbocycles. The highest BCUT2D eigenvalue weighted by atomic mass is 16.2. The lowest BCUT2D eigenvalue weighted by Crippen LogP contribution is -2.31. The predicted octanol–water partition coefficient (Wildman–Crippen LogP) is 2.70. The van der Waals surface area contributed by atoms with Crippen LogP contribution in [0.1, 0.15) is 40.4 Å². The molecule has 1 fully saturated rings. The van der Waals surface area contributed by atoms with E-state index in [0.717, 1.165) is 48.0 Å². The van der Waals surface area contributed by atoms with Crippen molar-refractivity contribution >= 4 is 16.7 Å². The van der Waals surface area contributed by atoms with E-state index < -0.39 is 0 Å². The quantitative estimate of drug-likeness (QED) is 0.759. The molecule has 2 N–H and O–H groups in total. The minimum absolute atomic E-state index is 0.00847. The van der Waals surface area contributed by atoms with Gasteiger partial charge in [0.2, 0.25) is 0 Å². The smallest absolute Gasteiger partial charge is 0.257 e. The third kappa shape index (κ3) is 3.32. The standard InChI is InChI=1S/C20H23N5O/c1-25(13-14-4-5-16-10-22-8-6-15(16)9-14)20(26)18-12-23-24-19(18)17-3-2-7-21-11-17/h4-6,8-10,12,17,21H,2-3,7,11,13H2,1H3,(H,23,24). The van der Waals surface area contributed by atoms with Gasteiger partial charge in [-0.25, -0.2) is 0 Å². The summed E-state index contributed by atoms with van der Waals surface area (Å²) in [5, 5.41) is 12.8. The molecular weight excluding hydrogens is 326 g/mol. The summed E-state index contributed by atoms with van der Waals surface area (Å²) < 4.78 is 0. The molecule has 1 unspecified atom stereocenters. The minimum atomic E-state index is 0.00847. The molecule has 1 aliphatic rings. The second-order valence-corrected chi connectivity index (χ2v) is 6.96. The number of pyridine rings is 1. The predicted molar refractivity (Wildman–Crippen MR) is 101 cm³/mol. The Balaban J connectivity index is 1.51. The number of carbonyl (C=O) groups excluding carboxylic acids is 1. The average molecular weight is 349 g/mol. The van der Waals surface area contributed by atoms with Crippen LogP contribution in [0.5, 0.6) is 0 Å². The number of nitrogens with one attached hydrogen (secondary N) is 2. The Morgan fingerprint density at radius 3 is 3.04 bits per heavy atom. The highest BCUT2D eigenvalue weighted by molar-refractivity contribution is 5.95. The highest BCUT2D eigenvalue weighted by Gasteiger charge is 2.25. The van der Waals surface area contributed by atoms with E-state index in [1.165, 1.54) is 0 Å². The Bertz CT molecular complexity index is 913. The molecule has 3 heterocycles. The Morgan fingerprint density at radius 1 is 1.27 bits per heavy atom. The number of H-pyrrole nitrogens is 1. The largest absolute Gasteiger partial charge is 0.337 e. The normalized spacial score (nSPS) is 17.3. The molecule has 1 aliphatic heterocycles. The van der Waals surface area contributed by atoms with Crippen LogP contribution in [0.25, 0.3) is 10.8 Å². The van der Waals surface area contributed by atoms with Crippen LogP contribution in [0.15, 0.2) is 42.9 Å². The summed E-state index contributed by atoms with van der Waals surface area (Å²) in [5.74, 6) is 0.334. The van der Waals surface area contributed by atoms with Gasteiger partial charge in [0.05, 0.1) is 17.5 Å². The molecule has 6 nitrogen and oxygen atoms in total. The summed E-state index contributed by atoms with van der Waals surface area (Å²) >= 11 is 0. The molecule has 26 heavy (non-hydrogen) atoms. The van der Waals surface area contributed by atoms with Gasteiger partial charge in [0, 0.05) is 43.8 Å². The van der Waals surface area contributed by atoms with Gasteiger partial charge in [-0.1, -0.05) is 12.1 Å². The third-order valence-electron chi connectivity index (χ3n) is 5.08. The molecule has 4 rings (SSSR count). The zero-order chi connectivity index (χ0) is 17.9. The van der Waals surface area contributed by atoms with Gasteiger partial charge >= 0.3 is 0 Å². The third-order valence-corrected chi connectivity index (χ3v) is 5.08. The molecule has 6 heteroatoms. The first-order chi connectivity index (χ1) is 12.7. The van der Waals surface area contributed by atoms with Gasteiger partial charge in [0.1, 0.15) is 0 Å². The van der Waals surface area contributed by atoms with Crippen LogP contribution < -0.4 is 5.32 Å². The van der Waals surface area contributed by atoms with Crippen molar-refractivity contribution in [3.8, 4) is 0 Å². The van der Waals surface area contributed by atoms with Crippen molar-refractivity contribution < 1.29 is 4.79 Å². The van der Waals surface area contributed by atoms with Gasteiger partial charge in [-0.05, 0) is 42.5 Å². The summed E-state index contributed by atoms with van der Waals surface area (Å²) in [5.41, 5.74) is 2.74. The number of aromatic nitrogens is 3. The van der Waals surface area contributed by atoms with Crippen molar-refractivity contribution in [2.24, 2.45) is 0 Å². The van der Waals surface area contributed by atoms with Crippen molar-refractivity contribution in [3.05, 3.63) is 59.7 Å². The lowest BCUT2D eigenvalue weighted by Gasteiger charge is -2.24. The molecule has 0 aliphatic carbocycles. The number of nitrogens with zero attached hydrogens (tertiary/aromatic N) is 3. The van der Waals surface area contributed by atoms with Crippen LogP contribution in [0.2, 0.25) is 0 Å². The number of carbonyl (C=O) groups is 1. The van der Waals surface area contributed by atoms with Gasteiger partial charge in [-0.2, -0.15) is 5.10 Å². The van der Waals surface area contributed by atoms with E-state index >= 15 is 0 Å². The number of fused-ring (bicyclic) bond motifs is 1. The average Bonchev–Trinajstić information content (AvgIpc) is 3.17. The monoisotopic (exact) mass is 349 g/mol. The SMILES string of the molecule is CN(Cc1ccc2cnccc2c1)C(=O)c1cn[nH]c1C1CCCNC1. The second-order valence-electron chi connectivity index (χ2n) is 6.96. The molecule has 0 radical (unpaired) electrons. The lowest BCUT2D eigenvalue weighted by molar-refractivity contribution is 0.0783. The van der Waals surface area contributed by atoms with E-state index in [1.54, 1.807) is 17.3 Å². The Labute approximate surface area is 152 Å². The number of amides is 1. The van der Waals surface area contributed by atoms with Crippen molar-refractivity contribution in [2.45, 2.75) is 25.3 Å². The Morgan fingerprint density at radius 2 is 2.19 bits per heavy atom. The maximum Gasteiger partial charge on any atom is 0.257 e. The topological polar surface area (TPSA) is 73.9 Å². The van der Waals surface area contributed by atoms with Crippen molar-refractivity contribution in [2.75, 3.05) is 20.1 Å². The van der Waals surface area contributed by atoms with E-state index in [9.17, 15) is 4.79 Å². The van der Waals surface area contributed by atoms with Crippen molar-refractivity contribution in [1.82, 2.24) is 25.4 Å². The first-order valence-corrected chi connectivity index (χ1v) is 9.04. The number of benzene rings is 1. The fourth-order valence-electron chi connectivity index (χ4n) is 3.66. The van der Waals surface area contributed by atoms with Crippen LogP contribution in [-0.2, 0) is 6.54 Å². The number of hydrogen-bond donors (Lipinski definition) is 2. The minimum Gasteiger partial charge on any atom is -0.337 e. The van der Waals surface area contributed by atoms with E-state index in [-0.39, 0.29) is 5.91 Å². The summed E-state index contributed by atoms with van der Waals surface area (Å²) in [6.45, 7) is 2.50. The molecule has 2 aromatic heterocycles. The molecule has 3 aromatic rings. The maximum atomic E-state index is 13.0. The number of hydrogen-bond acceptors (Lipinski definition) is 4. The fourth-order valence-corrected chi connectivity index (χ4v) is 3.66. The van der Waals surface area contributed by atoms with Crippen LogP contribution in [-0.4, -0.2) is 46.1 Å². The number of aromatic amines is 1. The van der Waals surface area contributed by atoms with Crippen LogP contribution in [0.3, 0.4) is 0 Å². The fraction of sp³-hybridized carbons (Fsp3) is 0.350. The first-order valence-electron chi connectivity index (χ1n) is 9.04. The molecule has 1 atom stereocenters. The summed E-state index contributed by atoms with van der Waals surface area (Å²) in [4.78, 5) is 18.9. The zero-order valence-corrected chi connectivity index (χ0v) is 14.9. The van der Waals surface area contributed by atoms with Gasteiger partial charge < -0.3 is 10.2 Å². The summed E-state index contributed by atoms with van der Waals surface area (Å²) in [7, 11) is 1.84. The first kappa shape index (κ1) is 16.7. The zero-order valence-electron chi connectivity index (χ0n) is 14.9. The Kier molecular flexibility index (Phi) is 4.67. The second kappa shape index (κ2) is 7.25. The van der Waals surface area contributed by atoms with E-state index in [1.807, 2.05) is 25.4 Å². The van der Waals surface area contributed by atoms with Crippen molar-refractivity contribution in [1.29, 1.82) is 0 Å². The van der Waals surface area contributed by atoms with E-state index in [2.05, 4.69) is 32.6 Å². The van der Waals surface area contributed by atoms with Crippen molar-refractivity contribution in [3.63, 3.8) is 0 Å². The van der Waals surface area contributed by atoms with Crippen LogP contribution in [0.4, 0.5) is 0 Å². The molecular formula is C20H23N5O. The van der Waals surface area contributed by atoms with Gasteiger partial charge in [-0.15, -0.1) is 0 Å². The lowest BCUT2D eigenvalue weighted by atomic mass is 9.93. The van der Waals surface area contributed by atoms with Gasteiger partial charge in [-0.3, -0.25) is 14.9 Å². The van der Waals surface area contributed by atoms with Gasteiger partial charge in [0.25, 0.3) is 5.91 Å². The Hall–Kier alpha value is -2.73. The summed E-state index contributed by atoms with van der Waals surface area (Å²) in [6, 6.07) is 8.20. The molecule has 1 saturated heterocycles. The molecule has 0 bridgehead atoms.